The second-order valence-corrected chi connectivity index (χ2v) is 37.3. The first-order chi connectivity index (χ1) is 28.3. The van der Waals surface area contributed by atoms with Gasteiger partial charge in [-0.05, 0) is 105 Å². The van der Waals surface area contributed by atoms with E-state index in [1.165, 1.54) is 83.5 Å². The first-order valence-electron chi connectivity index (χ1n) is 25.2. The number of allylic oxidation sites excluding steroid dienone is 1. The number of unbranched alkanes of at least 4 members (excludes halogenated alkanes) is 14. The highest BCUT2D eigenvalue weighted by atomic mass is 28.4. The van der Waals surface area contributed by atoms with Gasteiger partial charge in [0.15, 0.2) is 25.0 Å². The fourth-order valence-corrected chi connectivity index (χ4v) is 11.2. The molecule has 0 aliphatic carbocycles. The van der Waals surface area contributed by atoms with Crippen LogP contribution in [0.3, 0.4) is 0 Å². The third-order valence-electron chi connectivity index (χ3n) is 14.4. The number of hydrogen-bond acceptors (Lipinski definition) is 5. The van der Waals surface area contributed by atoms with Crippen LogP contribution in [0.1, 0.15) is 210 Å². The molecule has 0 saturated carbocycles. The Bertz CT molecular complexity index is 1310. The van der Waals surface area contributed by atoms with Crippen molar-refractivity contribution in [3.05, 3.63) is 48.0 Å². The number of ether oxygens (including phenoxy) is 1. The van der Waals surface area contributed by atoms with Gasteiger partial charge in [-0.15, -0.1) is 0 Å². The van der Waals surface area contributed by atoms with Crippen LogP contribution in [0.4, 0.5) is 0 Å². The first kappa shape index (κ1) is 58.0. The minimum absolute atomic E-state index is 0.0718. The van der Waals surface area contributed by atoms with Crippen LogP contribution in [0, 0.1) is 0 Å². The Kier molecular flexibility index (Phi) is 27.4. The molecule has 1 aromatic carbocycles. The van der Waals surface area contributed by atoms with Crippen molar-refractivity contribution in [2.45, 2.75) is 283 Å². The van der Waals surface area contributed by atoms with Gasteiger partial charge in [-0.3, -0.25) is 4.79 Å². The number of benzene rings is 1. The second kappa shape index (κ2) is 28.8. The largest absolute Gasteiger partial charge is 0.461 e. The summed E-state index contributed by atoms with van der Waals surface area (Å²) >= 11 is 0. The van der Waals surface area contributed by atoms with Crippen molar-refractivity contribution in [2.75, 3.05) is 0 Å². The topological polar surface area (TPSA) is 54.0 Å². The van der Waals surface area contributed by atoms with Crippen LogP contribution in [0.5, 0.6) is 0 Å². The molecule has 0 saturated heterocycles. The molecule has 0 N–H and O–H groups in total. The van der Waals surface area contributed by atoms with Crippen molar-refractivity contribution in [2.24, 2.45) is 0 Å². The van der Waals surface area contributed by atoms with Crippen molar-refractivity contribution < 1.29 is 22.8 Å². The zero-order valence-corrected chi connectivity index (χ0v) is 46.4. The predicted octanol–water partition coefficient (Wildman–Crippen LogP) is 17.7. The number of carbonyl (C=O) groups excluding carboxylic acids is 1. The molecule has 5 nitrogen and oxygen atoms in total. The number of carbonyl (C=O) groups is 1. The molecule has 1 rings (SSSR count). The Morgan fingerprint density at radius 2 is 0.984 bits per heavy atom. The summed E-state index contributed by atoms with van der Waals surface area (Å²) in [6.45, 7) is 38.6. The molecule has 0 aliphatic heterocycles. The van der Waals surface area contributed by atoms with Gasteiger partial charge in [-0.1, -0.05) is 195 Å². The van der Waals surface area contributed by atoms with E-state index in [0.717, 1.165) is 50.5 Å². The van der Waals surface area contributed by atoms with E-state index in [-0.39, 0.29) is 39.4 Å². The van der Waals surface area contributed by atoms with Gasteiger partial charge < -0.3 is 18.0 Å². The van der Waals surface area contributed by atoms with Crippen molar-refractivity contribution in [3.63, 3.8) is 0 Å². The van der Waals surface area contributed by atoms with Gasteiger partial charge in [0.1, 0.15) is 6.61 Å². The molecule has 61 heavy (non-hydrogen) atoms. The van der Waals surface area contributed by atoms with Gasteiger partial charge in [-0.25, -0.2) is 0 Å². The molecular weight excluding hydrogens is 801 g/mol. The molecule has 0 aromatic heterocycles. The van der Waals surface area contributed by atoms with Crippen LogP contribution in [0.25, 0.3) is 0 Å². The lowest BCUT2D eigenvalue weighted by atomic mass is 9.99. The molecule has 8 heteroatoms. The Morgan fingerprint density at radius 3 is 1.49 bits per heavy atom. The molecule has 0 heterocycles. The van der Waals surface area contributed by atoms with Crippen molar-refractivity contribution in [1.29, 1.82) is 0 Å². The fraction of sp³-hybridized carbons (Fsp3) is 0.830. The smallest absolute Gasteiger partial charge is 0.306 e. The third-order valence-corrected chi connectivity index (χ3v) is 27.9. The van der Waals surface area contributed by atoms with Gasteiger partial charge in [0.05, 0.1) is 12.2 Å². The molecule has 0 unspecified atom stereocenters. The number of hydrogen-bond donors (Lipinski definition) is 0. The quantitative estimate of drug-likeness (QED) is 0.0304. The summed E-state index contributed by atoms with van der Waals surface area (Å²) < 4.78 is 27.6. The first-order valence-corrected chi connectivity index (χ1v) is 33.9. The zero-order chi connectivity index (χ0) is 46.2. The summed E-state index contributed by atoms with van der Waals surface area (Å²) in [5.41, 5.74) is 1.04. The average molecular weight is 904 g/mol. The molecule has 0 fully saturated rings. The summed E-state index contributed by atoms with van der Waals surface area (Å²) in [7, 11) is -6.11. The van der Waals surface area contributed by atoms with Crippen LogP contribution in [-0.4, -0.2) is 49.2 Å². The zero-order valence-electron chi connectivity index (χ0n) is 43.4. The molecule has 0 aliphatic rings. The SMILES string of the molecule is CCCCCCCCCC[C@H](O[Si](C)(C)C(C)(C)C)[C@H](CC[C@H](C/C=C/CCCCCCCCCC(=O)OCc1ccccc1)O[Si](C)(C)C(C)(C)C)O[Si](C)(C)C(C)(C)C. The van der Waals surface area contributed by atoms with E-state index >= 15 is 0 Å². The van der Waals surface area contributed by atoms with Crippen LogP contribution >= 0.6 is 0 Å². The van der Waals surface area contributed by atoms with Gasteiger partial charge in [0.25, 0.3) is 0 Å². The molecule has 3 atom stereocenters. The van der Waals surface area contributed by atoms with Gasteiger partial charge in [0, 0.05) is 12.5 Å². The van der Waals surface area contributed by atoms with Gasteiger partial charge >= 0.3 is 5.97 Å². The van der Waals surface area contributed by atoms with Crippen LogP contribution in [0.2, 0.25) is 54.4 Å². The number of esters is 1. The summed E-state index contributed by atoms with van der Waals surface area (Å²) in [6.07, 6.45) is 29.6. The fourth-order valence-electron chi connectivity index (χ4n) is 6.99. The second-order valence-electron chi connectivity index (χ2n) is 23.0. The normalized spacial score (nSPS) is 15.0. The lowest BCUT2D eigenvalue weighted by Crippen LogP contribution is -2.52. The van der Waals surface area contributed by atoms with Crippen LogP contribution in [0.15, 0.2) is 42.5 Å². The lowest BCUT2D eigenvalue weighted by molar-refractivity contribution is -0.145. The summed E-state index contributed by atoms with van der Waals surface area (Å²) in [5, 5.41) is 0.427. The van der Waals surface area contributed by atoms with E-state index < -0.39 is 25.0 Å². The van der Waals surface area contributed by atoms with E-state index in [4.69, 9.17) is 18.0 Å². The van der Waals surface area contributed by atoms with Gasteiger partial charge in [0.2, 0.25) is 0 Å². The average Bonchev–Trinajstić information content (AvgIpc) is 3.15. The lowest BCUT2D eigenvalue weighted by Gasteiger charge is -2.46. The predicted molar refractivity (Wildman–Crippen MR) is 274 cm³/mol. The number of rotatable bonds is 33. The maximum atomic E-state index is 12.1. The Morgan fingerprint density at radius 1 is 0.541 bits per heavy atom. The molecule has 0 radical (unpaired) electrons. The van der Waals surface area contributed by atoms with Crippen molar-refractivity contribution in [1.82, 2.24) is 0 Å². The highest BCUT2D eigenvalue weighted by molar-refractivity contribution is 6.75. The Labute approximate surface area is 383 Å². The monoisotopic (exact) mass is 903 g/mol. The molecule has 0 amide bonds. The maximum Gasteiger partial charge on any atom is 0.306 e. The standard InChI is InChI=1S/C53H102O5Si3/c1-17-18-19-20-21-27-30-36-41-48(57-60(13,14)52(5,6)7)49(58-61(15,16)53(8,9)10)44-43-47(56-59(11,12)51(2,3)4)40-35-29-26-24-22-23-25-28-31-37-42-50(54)55-45-46-38-33-32-34-39-46/h29,32-35,38-39,47-49H,17-28,30-31,36-37,40-45H2,1-16H3/b35-29+/t47-,48-,49-/m0/s1. The highest BCUT2D eigenvalue weighted by Crippen LogP contribution is 2.43. The molecule has 356 valence electrons. The Hall–Kier alpha value is -1.04. The van der Waals surface area contributed by atoms with E-state index in [2.05, 4.69) is 121 Å². The Balaban J connectivity index is 2.93. The summed E-state index contributed by atoms with van der Waals surface area (Å²) in [4.78, 5) is 12.1. The van der Waals surface area contributed by atoms with Crippen LogP contribution < -0.4 is 0 Å². The van der Waals surface area contributed by atoms with Crippen molar-refractivity contribution >= 4 is 30.9 Å². The molecule has 1 aromatic rings. The van der Waals surface area contributed by atoms with E-state index in [1.807, 2.05) is 30.3 Å². The summed E-state index contributed by atoms with van der Waals surface area (Å²) in [6, 6.07) is 9.92. The maximum absolute atomic E-state index is 12.1. The minimum atomic E-state index is -2.08. The van der Waals surface area contributed by atoms with Crippen molar-refractivity contribution in [3.8, 4) is 0 Å². The van der Waals surface area contributed by atoms with Gasteiger partial charge in [-0.2, -0.15) is 0 Å². The van der Waals surface area contributed by atoms with E-state index in [1.54, 1.807) is 0 Å². The molecule has 0 spiro atoms. The highest BCUT2D eigenvalue weighted by Gasteiger charge is 2.45. The van der Waals surface area contributed by atoms with E-state index in [0.29, 0.717) is 13.0 Å². The molecular formula is C53H102O5Si3. The third kappa shape index (κ3) is 24.7. The molecule has 0 bridgehead atoms. The summed E-state index contributed by atoms with van der Waals surface area (Å²) in [5.74, 6) is -0.0826. The van der Waals surface area contributed by atoms with Crippen LogP contribution in [-0.2, 0) is 29.4 Å². The minimum Gasteiger partial charge on any atom is -0.461 e. The van der Waals surface area contributed by atoms with E-state index in [9.17, 15) is 4.79 Å².